The van der Waals surface area contributed by atoms with Crippen LogP contribution in [0.1, 0.15) is 36.0 Å². The lowest BCUT2D eigenvalue weighted by Gasteiger charge is -2.30. The van der Waals surface area contributed by atoms with Gasteiger partial charge in [-0.25, -0.2) is 4.98 Å². The molecule has 3 nitrogen and oxygen atoms in total. The number of thioether (sulfide) groups is 1. The van der Waals surface area contributed by atoms with E-state index in [9.17, 15) is 9.18 Å². The highest BCUT2D eigenvalue weighted by Crippen LogP contribution is 2.27. The van der Waals surface area contributed by atoms with E-state index < -0.39 is 5.95 Å². The second-order valence-electron chi connectivity index (χ2n) is 4.51. The Labute approximate surface area is 111 Å². The molecule has 1 fully saturated rings. The number of nitrogens with one attached hydrogen (secondary N) is 1. The molecule has 1 N–H and O–H groups in total. The minimum Gasteiger partial charge on any atom is -0.348 e. The first kappa shape index (κ1) is 13.3. The SMILES string of the molecule is CS[C@@H]1CCCC[C@H]1NC(=O)c1ccnc(F)c1. The van der Waals surface area contributed by atoms with Crippen LogP contribution >= 0.6 is 11.8 Å². The van der Waals surface area contributed by atoms with E-state index in [0.717, 1.165) is 19.3 Å². The van der Waals surface area contributed by atoms with E-state index in [0.29, 0.717) is 10.8 Å². The van der Waals surface area contributed by atoms with Crippen molar-refractivity contribution >= 4 is 17.7 Å². The minimum absolute atomic E-state index is 0.192. The van der Waals surface area contributed by atoms with Gasteiger partial charge in [-0.05, 0) is 25.2 Å². The summed E-state index contributed by atoms with van der Waals surface area (Å²) < 4.78 is 13.0. The summed E-state index contributed by atoms with van der Waals surface area (Å²) in [5.41, 5.74) is 0.341. The second-order valence-corrected chi connectivity index (χ2v) is 5.58. The first-order chi connectivity index (χ1) is 8.70. The lowest BCUT2D eigenvalue weighted by molar-refractivity contribution is 0.0928. The Bertz CT molecular complexity index is 427. The molecule has 2 rings (SSSR count). The van der Waals surface area contributed by atoms with Gasteiger partial charge in [0.25, 0.3) is 5.91 Å². The highest BCUT2D eigenvalue weighted by molar-refractivity contribution is 7.99. The van der Waals surface area contributed by atoms with E-state index in [1.54, 1.807) is 11.8 Å². The van der Waals surface area contributed by atoms with E-state index >= 15 is 0 Å². The van der Waals surface area contributed by atoms with Gasteiger partial charge < -0.3 is 5.32 Å². The van der Waals surface area contributed by atoms with E-state index in [1.807, 2.05) is 0 Å². The van der Waals surface area contributed by atoms with E-state index in [-0.39, 0.29) is 11.9 Å². The largest absolute Gasteiger partial charge is 0.348 e. The Morgan fingerprint density at radius 1 is 1.50 bits per heavy atom. The molecule has 1 aromatic heterocycles. The molecule has 1 saturated carbocycles. The van der Waals surface area contributed by atoms with Crippen molar-refractivity contribution in [1.82, 2.24) is 10.3 Å². The summed E-state index contributed by atoms with van der Waals surface area (Å²) in [5.74, 6) is -0.824. The Hall–Kier alpha value is -1.10. The van der Waals surface area contributed by atoms with Gasteiger partial charge in [-0.2, -0.15) is 16.2 Å². The van der Waals surface area contributed by atoms with Crippen LogP contribution < -0.4 is 5.32 Å². The van der Waals surface area contributed by atoms with Crippen LogP contribution in [0.15, 0.2) is 18.3 Å². The monoisotopic (exact) mass is 268 g/mol. The van der Waals surface area contributed by atoms with Crippen LogP contribution in [0, 0.1) is 5.95 Å². The molecule has 0 spiro atoms. The van der Waals surface area contributed by atoms with Gasteiger partial charge >= 0.3 is 0 Å². The summed E-state index contributed by atoms with van der Waals surface area (Å²) >= 11 is 1.79. The molecule has 1 aromatic rings. The van der Waals surface area contributed by atoms with Crippen LogP contribution in [0.5, 0.6) is 0 Å². The van der Waals surface area contributed by atoms with Crippen molar-refractivity contribution in [3.05, 3.63) is 29.8 Å². The maximum Gasteiger partial charge on any atom is 0.251 e. The van der Waals surface area contributed by atoms with Gasteiger partial charge in [-0.3, -0.25) is 4.79 Å². The number of nitrogens with zero attached hydrogens (tertiary/aromatic N) is 1. The Kier molecular flexibility index (Phi) is 4.58. The van der Waals surface area contributed by atoms with Crippen LogP contribution in [0.25, 0.3) is 0 Å². The van der Waals surface area contributed by atoms with Crippen LogP contribution in [0.3, 0.4) is 0 Å². The molecule has 0 radical (unpaired) electrons. The maximum absolute atomic E-state index is 13.0. The van der Waals surface area contributed by atoms with Gasteiger partial charge in [-0.1, -0.05) is 12.8 Å². The average Bonchev–Trinajstić information content (AvgIpc) is 2.39. The predicted molar refractivity (Wildman–Crippen MR) is 71.2 cm³/mol. The number of hydrogen-bond donors (Lipinski definition) is 1. The van der Waals surface area contributed by atoms with Crippen molar-refractivity contribution < 1.29 is 9.18 Å². The molecule has 2 atom stereocenters. The fraction of sp³-hybridized carbons (Fsp3) is 0.538. The summed E-state index contributed by atoms with van der Waals surface area (Å²) in [4.78, 5) is 15.5. The molecular weight excluding hydrogens is 251 g/mol. The summed E-state index contributed by atoms with van der Waals surface area (Å²) in [6.07, 6.45) is 7.90. The summed E-state index contributed by atoms with van der Waals surface area (Å²) in [6, 6.07) is 2.90. The van der Waals surface area contributed by atoms with Crippen molar-refractivity contribution in [3.8, 4) is 0 Å². The van der Waals surface area contributed by atoms with E-state index in [2.05, 4.69) is 16.6 Å². The molecule has 5 heteroatoms. The fourth-order valence-corrected chi connectivity index (χ4v) is 3.27. The number of carbonyl (C=O) groups excluding carboxylic acids is 1. The first-order valence-electron chi connectivity index (χ1n) is 6.16. The van der Waals surface area contributed by atoms with Gasteiger partial charge in [0.05, 0.1) is 0 Å². The standard InChI is InChI=1S/C13H17FN2OS/c1-18-11-5-3-2-4-10(11)16-13(17)9-6-7-15-12(14)8-9/h6-8,10-11H,2-5H2,1H3,(H,16,17)/t10-,11-/m1/s1. The number of carbonyl (C=O) groups is 1. The van der Waals surface area contributed by atoms with E-state index in [1.165, 1.54) is 24.8 Å². The number of rotatable bonds is 3. The van der Waals surface area contributed by atoms with Crippen molar-refractivity contribution in [2.75, 3.05) is 6.26 Å². The smallest absolute Gasteiger partial charge is 0.251 e. The Morgan fingerprint density at radius 2 is 2.28 bits per heavy atom. The highest BCUT2D eigenvalue weighted by atomic mass is 32.2. The van der Waals surface area contributed by atoms with E-state index in [4.69, 9.17) is 0 Å². The van der Waals surface area contributed by atoms with Crippen LogP contribution in [-0.2, 0) is 0 Å². The number of amides is 1. The van der Waals surface area contributed by atoms with Crippen LogP contribution in [0.4, 0.5) is 4.39 Å². The third kappa shape index (κ3) is 3.22. The average molecular weight is 268 g/mol. The molecule has 1 heterocycles. The van der Waals surface area contributed by atoms with Crippen molar-refractivity contribution in [2.45, 2.75) is 37.0 Å². The maximum atomic E-state index is 13.0. The van der Waals surface area contributed by atoms with Crippen molar-refractivity contribution in [2.24, 2.45) is 0 Å². The first-order valence-corrected chi connectivity index (χ1v) is 7.44. The van der Waals surface area contributed by atoms with Gasteiger partial charge in [0.1, 0.15) is 0 Å². The molecular formula is C13H17FN2OS. The highest BCUT2D eigenvalue weighted by Gasteiger charge is 2.26. The number of pyridine rings is 1. The number of hydrogen-bond acceptors (Lipinski definition) is 3. The molecule has 18 heavy (non-hydrogen) atoms. The Morgan fingerprint density at radius 3 is 3.00 bits per heavy atom. The molecule has 0 aromatic carbocycles. The number of aromatic nitrogens is 1. The quantitative estimate of drug-likeness (QED) is 0.857. The van der Waals surface area contributed by atoms with Crippen molar-refractivity contribution in [1.29, 1.82) is 0 Å². The van der Waals surface area contributed by atoms with Crippen LogP contribution in [-0.4, -0.2) is 28.4 Å². The molecule has 1 aliphatic carbocycles. The molecule has 0 bridgehead atoms. The summed E-state index contributed by atoms with van der Waals surface area (Å²) in [6.45, 7) is 0. The lowest BCUT2D eigenvalue weighted by Crippen LogP contribution is -2.43. The third-order valence-corrected chi connectivity index (χ3v) is 4.48. The number of halogens is 1. The topological polar surface area (TPSA) is 42.0 Å². The molecule has 98 valence electrons. The fourth-order valence-electron chi connectivity index (χ4n) is 2.34. The van der Waals surface area contributed by atoms with Crippen LogP contribution in [0.2, 0.25) is 0 Å². The zero-order valence-corrected chi connectivity index (χ0v) is 11.2. The summed E-state index contributed by atoms with van der Waals surface area (Å²) in [5, 5.41) is 3.48. The lowest BCUT2D eigenvalue weighted by atomic mass is 9.94. The molecule has 1 aliphatic rings. The predicted octanol–water partition coefficient (Wildman–Crippen LogP) is 2.62. The Balaban J connectivity index is 2.02. The molecule has 0 aliphatic heterocycles. The van der Waals surface area contributed by atoms with Crippen molar-refractivity contribution in [3.63, 3.8) is 0 Å². The molecule has 1 amide bonds. The normalized spacial score (nSPS) is 23.7. The molecule has 0 unspecified atom stereocenters. The second kappa shape index (κ2) is 6.18. The van der Waals surface area contributed by atoms with Gasteiger partial charge in [0, 0.05) is 29.1 Å². The van der Waals surface area contributed by atoms with Gasteiger partial charge in [0.2, 0.25) is 5.95 Å². The minimum atomic E-state index is -0.618. The summed E-state index contributed by atoms with van der Waals surface area (Å²) in [7, 11) is 0. The van der Waals surface area contributed by atoms with Gasteiger partial charge in [0.15, 0.2) is 0 Å². The zero-order chi connectivity index (χ0) is 13.0. The zero-order valence-electron chi connectivity index (χ0n) is 10.4. The van der Waals surface area contributed by atoms with Gasteiger partial charge in [-0.15, -0.1) is 0 Å². The third-order valence-electron chi connectivity index (χ3n) is 3.31. The molecule has 0 saturated heterocycles.